The summed E-state index contributed by atoms with van der Waals surface area (Å²) < 4.78 is 11.0. The van der Waals surface area contributed by atoms with E-state index in [4.69, 9.17) is 15.2 Å². The third-order valence-corrected chi connectivity index (χ3v) is 4.75. The number of rotatable bonds is 6. The second kappa shape index (κ2) is 7.24. The molecule has 1 aliphatic heterocycles. The molecule has 2 aromatic rings. The predicted octanol–water partition coefficient (Wildman–Crippen LogP) is 3.66. The number of hydrogen-bond donors (Lipinski definition) is 1. The molecule has 0 amide bonds. The van der Waals surface area contributed by atoms with Gasteiger partial charge in [0.1, 0.15) is 17.2 Å². The van der Waals surface area contributed by atoms with Gasteiger partial charge in [-0.25, -0.2) is 0 Å². The summed E-state index contributed by atoms with van der Waals surface area (Å²) in [7, 11) is 1.66. The van der Waals surface area contributed by atoms with E-state index in [1.807, 2.05) is 36.4 Å². The molecular formula is C20H26N2O2. The second-order valence-electron chi connectivity index (χ2n) is 6.90. The number of methoxy groups -OCH3 is 1. The van der Waals surface area contributed by atoms with E-state index in [0.29, 0.717) is 0 Å². The Hall–Kier alpha value is -2.04. The van der Waals surface area contributed by atoms with Gasteiger partial charge in [0.15, 0.2) is 0 Å². The van der Waals surface area contributed by atoms with E-state index in [1.165, 1.54) is 12.0 Å². The van der Waals surface area contributed by atoms with Crippen molar-refractivity contribution >= 4 is 0 Å². The van der Waals surface area contributed by atoms with Crippen LogP contribution in [0.2, 0.25) is 0 Å². The highest BCUT2D eigenvalue weighted by molar-refractivity contribution is 5.36. The zero-order valence-corrected chi connectivity index (χ0v) is 14.5. The van der Waals surface area contributed by atoms with E-state index in [1.54, 1.807) is 7.11 Å². The number of hydrogen-bond acceptors (Lipinski definition) is 4. The van der Waals surface area contributed by atoms with Crippen LogP contribution >= 0.6 is 0 Å². The van der Waals surface area contributed by atoms with Crippen LogP contribution in [-0.4, -0.2) is 31.6 Å². The summed E-state index contributed by atoms with van der Waals surface area (Å²) in [6, 6.07) is 15.9. The van der Waals surface area contributed by atoms with Crippen LogP contribution in [0.4, 0.5) is 0 Å². The van der Waals surface area contributed by atoms with Crippen molar-refractivity contribution in [3.05, 3.63) is 54.1 Å². The molecule has 0 aliphatic carbocycles. The van der Waals surface area contributed by atoms with E-state index >= 15 is 0 Å². The fourth-order valence-corrected chi connectivity index (χ4v) is 3.13. The molecule has 0 bridgehead atoms. The zero-order chi connectivity index (χ0) is 17.0. The first kappa shape index (κ1) is 16.8. The first-order valence-electron chi connectivity index (χ1n) is 8.43. The molecule has 0 radical (unpaired) electrons. The molecule has 4 heteroatoms. The van der Waals surface area contributed by atoms with Crippen molar-refractivity contribution < 1.29 is 9.47 Å². The lowest BCUT2D eigenvalue weighted by atomic mass is 9.90. The molecule has 2 aromatic carbocycles. The molecule has 24 heavy (non-hydrogen) atoms. The van der Waals surface area contributed by atoms with Crippen LogP contribution in [0.3, 0.4) is 0 Å². The normalized spacial score (nSPS) is 21.0. The Balaban J connectivity index is 1.57. The number of likely N-dealkylation sites (tertiary alicyclic amines) is 1. The molecule has 2 N–H and O–H groups in total. The van der Waals surface area contributed by atoms with Crippen LogP contribution in [0.15, 0.2) is 48.5 Å². The van der Waals surface area contributed by atoms with Gasteiger partial charge < -0.3 is 15.2 Å². The lowest BCUT2D eigenvalue weighted by molar-refractivity contribution is 0.274. The Bertz CT molecular complexity index is 654. The summed E-state index contributed by atoms with van der Waals surface area (Å²) >= 11 is 0. The fourth-order valence-electron chi connectivity index (χ4n) is 3.13. The Morgan fingerprint density at radius 1 is 1.00 bits per heavy atom. The Labute approximate surface area is 144 Å². The minimum Gasteiger partial charge on any atom is -0.497 e. The van der Waals surface area contributed by atoms with Crippen molar-refractivity contribution in [2.24, 2.45) is 11.1 Å². The van der Waals surface area contributed by atoms with Gasteiger partial charge >= 0.3 is 0 Å². The van der Waals surface area contributed by atoms with Crippen LogP contribution in [0.1, 0.15) is 18.9 Å². The molecule has 128 valence electrons. The van der Waals surface area contributed by atoms with Crippen molar-refractivity contribution in [2.75, 3.05) is 26.7 Å². The molecule has 1 atom stereocenters. The monoisotopic (exact) mass is 326 g/mol. The minimum atomic E-state index is 0.275. The van der Waals surface area contributed by atoms with Gasteiger partial charge in [-0.2, -0.15) is 0 Å². The Morgan fingerprint density at radius 2 is 1.58 bits per heavy atom. The smallest absolute Gasteiger partial charge is 0.127 e. The number of nitrogens with two attached hydrogens (primary N) is 1. The summed E-state index contributed by atoms with van der Waals surface area (Å²) in [6.07, 6.45) is 1.18. The third kappa shape index (κ3) is 4.08. The van der Waals surface area contributed by atoms with Crippen LogP contribution < -0.4 is 15.2 Å². The Morgan fingerprint density at radius 3 is 2.12 bits per heavy atom. The molecule has 0 spiro atoms. The van der Waals surface area contributed by atoms with Crippen LogP contribution in [0, 0.1) is 5.41 Å². The molecule has 4 nitrogen and oxygen atoms in total. The SMILES string of the molecule is COc1ccc(Oc2ccc(CN3CCC(C)(CN)C3)cc2)cc1. The van der Waals surface area contributed by atoms with Gasteiger partial charge in [0.05, 0.1) is 7.11 Å². The topological polar surface area (TPSA) is 47.7 Å². The second-order valence-corrected chi connectivity index (χ2v) is 6.90. The minimum absolute atomic E-state index is 0.275. The highest BCUT2D eigenvalue weighted by atomic mass is 16.5. The van der Waals surface area contributed by atoms with Crippen molar-refractivity contribution in [3.63, 3.8) is 0 Å². The number of ether oxygens (including phenoxy) is 2. The molecule has 1 fully saturated rings. The molecule has 0 aromatic heterocycles. The van der Waals surface area contributed by atoms with Crippen LogP contribution in [-0.2, 0) is 6.54 Å². The maximum atomic E-state index is 5.88. The van der Waals surface area contributed by atoms with Crippen LogP contribution in [0.25, 0.3) is 0 Å². The van der Waals surface area contributed by atoms with Gasteiger partial charge in [0.2, 0.25) is 0 Å². The first-order valence-corrected chi connectivity index (χ1v) is 8.43. The largest absolute Gasteiger partial charge is 0.497 e. The van der Waals surface area contributed by atoms with Gasteiger partial charge in [0, 0.05) is 13.1 Å². The molecular weight excluding hydrogens is 300 g/mol. The summed E-state index contributed by atoms with van der Waals surface area (Å²) in [5, 5.41) is 0. The van der Waals surface area contributed by atoms with Crippen molar-refractivity contribution in [3.8, 4) is 17.2 Å². The van der Waals surface area contributed by atoms with Gasteiger partial charge in [-0.3, -0.25) is 4.90 Å². The molecule has 1 unspecified atom stereocenters. The summed E-state index contributed by atoms with van der Waals surface area (Å²) in [5.41, 5.74) is 7.46. The van der Waals surface area contributed by atoms with Gasteiger partial charge in [-0.05, 0) is 66.9 Å². The average Bonchev–Trinajstić information content (AvgIpc) is 2.99. The first-order chi connectivity index (χ1) is 11.6. The lowest BCUT2D eigenvalue weighted by Crippen LogP contribution is -2.31. The van der Waals surface area contributed by atoms with E-state index in [9.17, 15) is 0 Å². The maximum absolute atomic E-state index is 5.88. The van der Waals surface area contributed by atoms with Crippen molar-refractivity contribution in [2.45, 2.75) is 19.9 Å². The van der Waals surface area contributed by atoms with E-state index < -0.39 is 0 Å². The van der Waals surface area contributed by atoms with Crippen molar-refractivity contribution in [1.29, 1.82) is 0 Å². The quantitative estimate of drug-likeness (QED) is 0.880. The predicted molar refractivity (Wildman–Crippen MR) is 96.6 cm³/mol. The molecule has 3 rings (SSSR count). The number of benzene rings is 2. The fraction of sp³-hybridized carbons (Fsp3) is 0.400. The lowest BCUT2D eigenvalue weighted by Gasteiger charge is -2.22. The zero-order valence-electron chi connectivity index (χ0n) is 14.5. The van der Waals surface area contributed by atoms with Gasteiger partial charge in [-0.15, -0.1) is 0 Å². The standard InChI is InChI=1S/C20H26N2O2/c1-20(14-21)11-12-22(15-20)13-16-3-5-18(6-4-16)24-19-9-7-17(23-2)8-10-19/h3-10H,11-15,21H2,1-2H3. The van der Waals surface area contributed by atoms with Crippen LogP contribution in [0.5, 0.6) is 17.2 Å². The number of nitrogens with zero attached hydrogens (tertiary/aromatic N) is 1. The van der Waals surface area contributed by atoms with Gasteiger partial charge in [0.25, 0.3) is 0 Å². The maximum Gasteiger partial charge on any atom is 0.127 e. The summed E-state index contributed by atoms with van der Waals surface area (Å²) in [5.74, 6) is 2.48. The molecule has 1 heterocycles. The van der Waals surface area contributed by atoms with E-state index in [-0.39, 0.29) is 5.41 Å². The van der Waals surface area contributed by atoms with E-state index in [0.717, 1.165) is 43.4 Å². The highest BCUT2D eigenvalue weighted by Crippen LogP contribution is 2.30. The summed E-state index contributed by atoms with van der Waals surface area (Å²) in [4.78, 5) is 2.48. The third-order valence-electron chi connectivity index (χ3n) is 4.75. The average molecular weight is 326 g/mol. The van der Waals surface area contributed by atoms with Gasteiger partial charge in [-0.1, -0.05) is 19.1 Å². The molecule has 1 aliphatic rings. The van der Waals surface area contributed by atoms with E-state index in [2.05, 4.69) is 24.0 Å². The Kier molecular flexibility index (Phi) is 5.07. The molecule has 1 saturated heterocycles. The molecule has 0 saturated carbocycles. The van der Waals surface area contributed by atoms with Crippen molar-refractivity contribution in [1.82, 2.24) is 4.90 Å². The summed E-state index contributed by atoms with van der Waals surface area (Å²) in [6.45, 7) is 6.21. The highest BCUT2D eigenvalue weighted by Gasteiger charge is 2.32.